The number of amides is 1. The van der Waals surface area contributed by atoms with Crippen molar-refractivity contribution in [2.45, 2.75) is 45.4 Å². The number of hydrogen-bond donors (Lipinski definition) is 1. The Morgan fingerprint density at radius 3 is 2.55 bits per heavy atom. The Balaban J connectivity index is 1.21. The van der Waals surface area contributed by atoms with E-state index < -0.39 is 0 Å². The van der Waals surface area contributed by atoms with Gasteiger partial charge in [-0.15, -0.1) is 0 Å². The highest BCUT2D eigenvalue weighted by Gasteiger charge is 2.21. The molecule has 0 atom stereocenters. The molecule has 0 radical (unpaired) electrons. The fraction of sp³-hybridized carbons (Fsp3) is 0.360. The number of pyridine rings is 1. The molecule has 6 heteroatoms. The molecule has 1 fully saturated rings. The second-order valence-electron chi connectivity index (χ2n) is 7.84. The predicted molar refractivity (Wildman–Crippen MR) is 119 cm³/mol. The van der Waals surface area contributed by atoms with E-state index in [2.05, 4.69) is 34.3 Å². The van der Waals surface area contributed by atoms with E-state index in [4.69, 9.17) is 9.15 Å². The summed E-state index contributed by atoms with van der Waals surface area (Å²) in [5.41, 5.74) is 1.45. The van der Waals surface area contributed by atoms with Crippen molar-refractivity contribution in [3.8, 4) is 5.75 Å². The van der Waals surface area contributed by atoms with Crippen LogP contribution in [0.3, 0.4) is 0 Å². The molecule has 31 heavy (non-hydrogen) atoms. The molecule has 1 N–H and O–H groups in total. The number of ether oxygens (including phenoxy) is 1. The number of piperidine rings is 1. The molecule has 1 amide bonds. The number of carbonyl (C=O) groups excluding carboxylic acids is 1. The van der Waals surface area contributed by atoms with Crippen molar-refractivity contribution in [2.24, 2.45) is 0 Å². The molecular weight excluding hydrogens is 390 g/mol. The third kappa shape index (κ3) is 5.95. The molecule has 0 saturated carbocycles. The van der Waals surface area contributed by atoms with Gasteiger partial charge in [0.1, 0.15) is 23.4 Å². The van der Waals surface area contributed by atoms with Gasteiger partial charge in [0.25, 0.3) is 5.91 Å². The van der Waals surface area contributed by atoms with Gasteiger partial charge in [-0.05, 0) is 61.4 Å². The number of aryl methyl sites for hydroxylation is 1. The van der Waals surface area contributed by atoms with E-state index in [1.165, 1.54) is 0 Å². The van der Waals surface area contributed by atoms with Gasteiger partial charge in [-0.2, -0.15) is 0 Å². The first-order valence-corrected chi connectivity index (χ1v) is 10.9. The van der Waals surface area contributed by atoms with E-state index in [0.29, 0.717) is 12.1 Å². The molecule has 0 aliphatic carbocycles. The van der Waals surface area contributed by atoms with Crippen LogP contribution in [0.2, 0.25) is 0 Å². The van der Waals surface area contributed by atoms with Crippen molar-refractivity contribution in [3.05, 3.63) is 83.6 Å². The number of rotatable bonds is 8. The van der Waals surface area contributed by atoms with Crippen molar-refractivity contribution in [2.75, 3.05) is 13.1 Å². The van der Waals surface area contributed by atoms with E-state index >= 15 is 0 Å². The fourth-order valence-corrected chi connectivity index (χ4v) is 3.76. The zero-order chi connectivity index (χ0) is 21.5. The molecule has 1 aliphatic rings. The highest BCUT2D eigenvalue weighted by molar-refractivity contribution is 5.94. The molecule has 0 unspecified atom stereocenters. The van der Waals surface area contributed by atoms with Crippen LogP contribution in [0.4, 0.5) is 0 Å². The quantitative estimate of drug-likeness (QED) is 0.592. The Morgan fingerprint density at radius 2 is 1.87 bits per heavy atom. The zero-order valence-corrected chi connectivity index (χ0v) is 17.9. The Kier molecular flexibility index (Phi) is 6.99. The molecule has 1 saturated heterocycles. The summed E-state index contributed by atoms with van der Waals surface area (Å²) in [6, 6.07) is 17.2. The number of nitrogens with one attached hydrogen (secondary N) is 1. The standard InChI is InChI=1S/C25H29N3O3/c1-2-21-10-11-24(30-21)18-28-15-12-23(13-16-28)31-22-8-6-19(7-9-22)25(29)27-17-20-5-3-4-14-26-20/h3-11,14,23H,2,12-13,15-18H2,1H3,(H,27,29). The van der Waals surface area contributed by atoms with Crippen LogP contribution in [0, 0.1) is 0 Å². The lowest BCUT2D eigenvalue weighted by molar-refractivity contribution is 0.0924. The highest BCUT2D eigenvalue weighted by Crippen LogP contribution is 2.21. The topological polar surface area (TPSA) is 67.6 Å². The normalized spacial score (nSPS) is 15.0. The van der Waals surface area contributed by atoms with Crippen molar-refractivity contribution in [3.63, 3.8) is 0 Å². The minimum atomic E-state index is -0.116. The van der Waals surface area contributed by atoms with Crippen LogP contribution in [0.25, 0.3) is 0 Å². The van der Waals surface area contributed by atoms with Crippen LogP contribution in [0.5, 0.6) is 5.75 Å². The Labute approximate surface area is 183 Å². The van der Waals surface area contributed by atoms with Gasteiger partial charge < -0.3 is 14.5 Å². The van der Waals surface area contributed by atoms with Gasteiger partial charge >= 0.3 is 0 Å². The number of likely N-dealkylation sites (tertiary alicyclic amines) is 1. The van der Waals surface area contributed by atoms with Crippen molar-refractivity contribution in [1.82, 2.24) is 15.2 Å². The van der Waals surface area contributed by atoms with Crippen molar-refractivity contribution < 1.29 is 13.9 Å². The van der Waals surface area contributed by atoms with E-state index in [1.807, 2.05) is 30.3 Å². The lowest BCUT2D eigenvalue weighted by atomic mass is 10.1. The molecule has 1 aromatic carbocycles. The minimum absolute atomic E-state index is 0.116. The van der Waals surface area contributed by atoms with Crippen molar-refractivity contribution in [1.29, 1.82) is 0 Å². The number of aromatic nitrogens is 1. The second-order valence-corrected chi connectivity index (χ2v) is 7.84. The molecule has 3 heterocycles. The summed E-state index contributed by atoms with van der Waals surface area (Å²) in [5.74, 6) is 2.77. The first kappa shape index (κ1) is 21.1. The van der Waals surface area contributed by atoms with E-state index in [-0.39, 0.29) is 12.0 Å². The molecule has 3 aromatic rings. The SMILES string of the molecule is CCc1ccc(CN2CCC(Oc3ccc(C(=O)NCc4ccccn4)cc3)CC2)o1. The van der Waals surface area contributed by atoms with E-state index in [0.717, 1.165) is 61.9 Å². The van der Waals surface area contributed by atoms with Crippen LogP contribution in [-0.4, -0.2) is 35.0 Å². The Hall–Kier alpha value is -3.12. The van der Waals surface area contributed by atoms with Crippen LogP contribution < -0.4 is 10.1 Å². The monoisotopic (exact) mass is 419 g/mol. The van der Waals surface area contributed by atoms with Gasteiger partial charge in [0, 0.05) is 31.3 Å². The zero-order valence-electron chi connectivity index (χ0n) is 17.9. The van der Waals surface area contributed by atoms with Crippen molar-refractivity contribution >= 4 is 5.91 Å². The summed E-state index contributed by atoms with van der Waals surface area (Å²) in [7, 11) is 0. The smallest absolute Gasteiger partial charge is 0.251 e. The maximum absolute atomic E-state index is 12.3. The predicted octanol–water partition coefficient (Wildman–Crippen LogP) is 4.21. The molecule has 0 bridgehead atoms. The van der Waals surface area contributed by atoms with Crippen LogP contribution >= 0.6 is 0 Å². The van der Waals surface area contributed by atoms with Gasteiger partial charge in [0.2, 0.25) is 0 Å². The Morgan fingerprint density at radius 1 is 1.10 bits per heavy atom. The summed E-state index contributed by atoms with van der Waals surface area (Å²) < 4.78 is 12.0. The maximum atomic E-state index is 12.3. The average molecular weight is 420 g/mol. The molecule has 1 aliphatic heterocycles. The lowest BCUT2D eigenvalue weighted by Crippen LogP contribution is -2.37. The third-order valence-electron chi connectivity index (χ3n) is 5.56. The average Bonchev–Trinajstić information content (AvgIpc) is 3.27. The number of carbonyl (C=O) groups is 1. The van der Waals surface area contributed by atoms with E-state index in [1.54, 1.807) is 18.3 Å². The first-order valence-electron chi connectivity index (χ1n) is 10.9. The molecule has 4 rings (SSSR count). The lowest BCUT2D eigenvalue weighted by Gasteiger charge is -2.31. The maximum Gasteiger partial charge on any atom is 0.251 e. The molecule has 2 aromatic heterocycles. The van der Waals surface area contributed by atoms with Gasteiger partial charge in [-0.1, -0.05) is 13.0 Å². The molecule has 6 nitrogen and oxygen atoms in total. The van der Waals surface area contributed by atoms with Gasteiger partial charge in [0.15, 0.2) is 0 Å². The first-order chi connectivity index (χ1) is 15.2. The van der Waals surface area contributed by atoms with Crippen LogP contribution in [0.1, 0.15) is 47.3 Å². The number of nitrogens with zero attached hydrogens (tertiary/aromatic N) is 2. The van der Waals surface area contributed by atoms with E-state index in [9.17, 15) is 4.79 Å². The minimum Gasteiger partial charge on any atom is -0.490 e. The largest absolute Gasteiger partial charge is 0.490 e. The molecular formula is C25H29N3O3. The van der Waals surface area contributed by atoms with Gasteiger partial charge in [-0.3, -0.25) is 14.7 Å². The fourth-order valence-electron chi connectivity index (χ4n) is 3.76. The highest BCUT2D eigenvalue weighted by atomic mass is 16.5. The summed E-state index contributed by atoms with van der Waals surface area (Å²) in [4.78, 5) is 19.0. The number of benzene rings is 1. The molecule has 0 spiro atoms. The van der Waals surface area contributed by atoms with Gasteiger partial charge in [-0.25, -0.2) is 0 Å². The summed E-state index contributed by atoms with van der Waals surface area (Å²) >= 11 is 0. The Bertz CT molecular complexity index is 961. The third-order valence-corrected chi connectivity index (χ3v) is 5.56. The summed E-state index contributed by atoms with van der Waals surface area (Å²) in [5, 5.41) is 2.89. The molecule has 162 valence electrons. The van der Waals surface area contributed by atoms with Gasteiger partial charge in [0.05, 0.1) is 18.8 Å². The number of hydrogen-bond acceptors (Lipinski definition) is 5. The summed E-state index contributed by atoms with van der Waals surface area (Å²) in [6.45, 7) is 5.34. The van der Waals surface area contributed by atoms with Crippen LogP contribution in [-0.2, 0) is 19.5 Å². The second kappa shape index (κ2) is 10.3. The van der Waals surface area contributed by atoms with Crippen LogP contribution in [0.15, 0.2) is 65.2 Å². The number of furan rings is 1. The summed E-state index contributed by atoms with van der Waals surface area (Å²) in [6.07, 6.45) is 4.81.